The lowest BCUT2D eigenvalue weighted by Gasteiger charge is -2.26. The minimum Gasteiger partial charge on any atom is -0.382 e. The zero-order valence-electron chi connectivity index (χ0n) is 10.3. The molecule has 0 bridgehead atoms. The predicted octanol–water partition coefficient (Wildman–Crippen LogP) is 2.80. The van der Waals surface area contributed by atoms with Crippen molar-refractivity contribution in [2.75, 3.05) is 27.4 Å². The summed E-state index contributed by atoms with van der Waals surface area (Å²) < 4.78 is 17.1. The van der Waals surface area contributed by atoms with Crippen LogP contribution < -0.4 is 0 Å². The second-order valence-corrected chi connectivity index (χ2v) is 5.96. The van der Waals surface area contributed by atoms with E-state index in [0.29, 0.717) is 23.2 Å². The molecule has 0 aliphatic heterocycles. The van der Waals surface area contributed by atoms with E-state index >= 15 is 0 Å². The van der Waals surface area contributed by atoms with Gasteiger partial charge in [0.1, 0.15) is 6.10 Å². The molecular weight excluding hydrogens is 319 g/mol. The predicted molar refractivity (Wildman–Crippen MR) is 73.3 cm³/mol. The molecule has 96 valence electrons. The van der Waals surface area contributed by atoms with Crippen molar-refractivity contribution in [3.8, 4) is 0 Å². The first-order chi connectivity index (χ1) is 7.77. The van der Waals surface area contributed by atoms with Crippen molar-refractivity contribution in [2.45, 2.75) is 48.2 Å². The number of methoxy groups -OCH3 is 2. The molecule has 1 rings (SSSR count). The summed E-state index contributed by atoms with van der Waals surface area (Å²) in [4.78, 5) is 0. The fourth-order valence-electron chi connectivity index (χ4n) is 2.13. The zero-order chi connectivity index (χ0) is 11.8. The van der Waals surface area contributed by atoms with Crippen LogP contribution in [-0.4, -0.2) is 43.6 Å². The van der Waals surface area contributed by atoms with Crippen LogP contribution in [0.4, 0.5) is 0 Å². The SMILES string of the molecule is COCC(COC)OC1CCCCCC1I. The van der Waals surface area contributed by atoms with Crippen LogP contribution in [0.1, 0.15) is 32.1 Å². The van der Waals surface area contributed by atoms with E-state index in [1.54, 1.807) is 14.2 Å². The zero-order valence-corrected chi connectivity index (χ0v) is 12.4. The second kappa shape index (κ2) is 8.66. The summed E-state index contributed by atoms with van der Waals surface area (Å²) in [5.74, 6) is 0. The maximum Gasteiger partial charge on any atom is 0.104 e. The summed E-state index contributed by atoms with van der Waals surface area (Å²) in [6.07, 6.45) is 6.88. The molecule has 0 aromatic carbocycles. The van der Waals surface area contributed by atoms with Gasteiger partial charge in [0.2, 0.25) is 0 Å². The van der Waals surface area contributed by atoms with E-state index in [9.17, 15) is 0 Å². The Balaban J connectivity index is 2.40. The molecular formula is C12H23IO3. The monoisotopic (exact) mass is 342 g/mol. The van der Waals surface area contributed by atoms with Crippen LogP contribution in [0.2, 0.25) is 0 Å². The lowest BCUT2D eigenvalue weighted by Crippen LogP contribution is -2.34. The quantitative estimate of drug-likeness (QED) is 0.422. The molecule has 2 unspecified atom stereocenters. The van der Waals surface area contributed by atoms with Gasteiger partial charge in [-0.1, -0.05) is 41.9 Å². The Hall–Kier alpha value is 0.610. The highest BCUT2D eigenvalue weighted by Gasteiger charge is 2.25. The highest BCUT2D eigenvalue weighted by atomic mass is 127. The number of alkyl halides is 1. The van der Waals surface area contributed by atoms with Crippen LogP contribution in [0.3, 0.4) is 0 Å². The lowest BCUT2D eigenvalue weighted by molar-refractivity contribution is -0.0784. The van der Waals surface area contributed by atoms with Crippen molar-refractivity contribution in [3.63, 3.8) is 0 Å². The number of ether oxygens (including phenoxy) is 3. The average molecular weight is 342 g/mol. The maximum atomic E-state index is 6.11. The van der Waals surface area contributed by atoms with E-state index in [-0.39, 0.29) is 6.10 Å². The van der Waals surface area contributed by atoms with Gasteiger partial charge in [0.05, 0.1) is 19.3 Å². The standard InChI is InChI=1S/C12H23IO3/c1-14-8-10(9-15-2)16-12-7-5-3-4-6-11(12)13/h10-12H,3-9H2,1-2H3. The maximum absolute atomic E-state index is 6.11. The molecule has 0 N–H and O–H groups in total. The van der Waals surface area contributed by atoms with Gasteiger partial charge in [0.15, 0.2) is 0 Å². The van der Waals surface area contributed by atoms with Gasteiger partial charge in [0.25, 0.3) is 0 Å². The Morgan fingerprint density at radius 2 is 1.69 bits per heavy atom. The van der Waals surface area contributed by atoms with Gasteiger partial charge in [-0.05, 0) is 12.8 Å². The Morgan fingerprint density at radius 1 is 1.06 bits per heavy atom. The molecule has 0 radical (unpaired) electrons. The van der Waals surface area contributed by atoms with Crippen molar-refractivity contribution in [1.29, 1.82) is 0 Å². The van der Waals surface area contributed by atoms with E-state index in [1.807, 2.05) is 0 Å². The van der Waals surface area contributed by atoms with Crippen molar-refractivity contribution >= 4 is 22.6 Å². The first kappa shape index (κ1) is 14.7. The van der Waals surface area contributed by atoms with Crippen molar-refractivity contribution in [1.82, 2.24) is 0 Å². The van der Waals surface area contributed by atoms with Crippen LogP contribution in [0, 0.1) is 0 Å². The van der Waals surface area contributed by atoms with E-state index in [1.165, 1.54) is 32.1 Å². The fourth-order valence-corrected chi connectivity index (χ4v) is 3.10. The van der Waals surface area contributed by atoms with Gasteiger partial charge >= 0.3 is 0 Å². The Bertz CT molecular complexity index is 172. The van der Waals surface area contributed by atoms with Crippen LogP contribution in [0.15, 0.2) is 0 Å². The highest BCUT2D eigenvalue weighted by molar-refractivity contribution is 14.1. The summed E-state index contributed by atoms with van der Waals surface area (Å²) >= 11 is 2.53. The van der Waals surface area contributed by atoms with Gasteiger partial charge in [-0.3, -0.25) is 0 Å². The molecule has 1 aliphatic carbocycles. The summed E-state index contributed by atoms with van der Waals surface area (Å²) in [7, 11) is 3.42. The van der Waals surface area contributed by atoms with Crippen LogP contribution in [0.25, 0.3) is 0 Å². The summed E-state index contributed by atoms with van der Waals surface area (Å²) in [5, 5.41) is 0. The Morgan fingerprint density at radius 3 is 2.31 bits per heavy atom. The van der Waals surface area contributed by atoms with Crippen molar-refractivity contribution < 1.29 is 14.2 Å². The van der Waals surface area contributed by atoms with E-state index in [4.69, 9.17) is 14.2 Å². The number of rotatable bonds is 6. The number of halogens is 1. The number of hydrogen-bond donors (Lipinski definition) is 0. The third-order valence-electron chi connectivity index (χ3n) is 2.94. The van der Waals surface area contributed by atoms with Gasteiger partial charge in [-0.15, -0.1) is 0 Å². The largest absolute Gasteiger partial charge is 0.382 e. The molecule has 0 aromatic heterocycles. The summed E-state index contributed by atoms with van der Waals surface area (Å²) in [6, 6.07) is 0. The van der Waals surface area contributed by atoms with E-state index in [2.05, 4.69) is 22.6 Å². The fraction of sp³-hybridized carbons (Fsp3) is 1.00. The van der Waals surface area contributed by atoms with E-state index in [0.717, 1.165) is 0 Å². The first-order valence-corrected chi connectivity index (χ1v) is 7.30. The Labute approximate surface area is 112 Å². The van der Waals surface area contributed by atoms with Gasteiger partial charge in [0, 0.05) is 18.1 Å². The van der Waals surface area contributed by atoms with Crippen LogP contribution >= 0.6 is 22.6 Å². The molecule has 16 heavy (non-hydrogen) atoms. The normalized spacial score (nSPS) is 27.0. The van der Waals surface area contributed by atoms with Gasteiger partial charge in [-0.25, -0.2) is 0 Å². The second-order valence-electron chi connectivity index (χ2n) is 4.36. The van der Waals surface area contributed by atoms with Crippen LogP contribution in [-0.2, 0) is 14.2 Å². The minimum atomic E-state index is 0.0790. The third kappa shape index (κ3) is 5.29. The first-order valence-electron chi connectivity index (χ1n) is 6.05. The molecule has 0 aromatic rings. The third-order valence-corrected chi connectivity index (χ3v) is 4.37. The van der Waals surface area contributed by atoms with Gasteiger partial charge in [-0.2, -0.15) is 0 Å². The van der Waals surface area contributed by atoms with Crippen molar-refractivity contribution in [3.05, 3.63) is 0 Å². The molecule has 1 saturated carbocycles. The van der Waals surface area contributed by atoms with Crippen LogP contribution in [0.5, 0.6) is 0 Å². The smallest absolute Gasteiger partial charge is 0.104 e. The summed E-state index contributed by atoms with van der Waals surface area (Å²) in [5.41, 5.74) is 0. The molecule has 3 nitrogen and oxygen atoms in total. The molecule has 1 fully saturated rings. The lowest BCUT2D eigenvalue weighted by atomic mass is 10.1. The average Bonchev–Trinajstić information content (AvgIpc) is 2.45. The minimum absolute atomic E-state index is 0.0790. The molecule has 0 amide bonds. The van der Waals surface area contributed by atoms with Gasteiger partial charge < -0.3 is 14.2 Å². The molecule has 0 spiro atoms. The molecule has 2 atom stereocenters. The molecule has 0 heterocycles. The Kier molecular flexibility index (Phi) is 7.94. The summed E-state index contributed by atoms with van der Waals surface area (Å²) in [6.45, 7) is 1.24. The highest BCUT2D eigenvalue weighted by Crippen LogP contribution is 2.27. The van der Waals surface area contributed by atoms with E-state index < -0.39 is 0 Å². The molecule has 1 aliphatic rings. The van der Waals surface area contributed by atoms with Crippen molar-refractivity contribution in [2.24, 2.45) is 0 Å². The topological polar surface area (TPSA) is 27.7 Å². The molecule has 4 heteroatoms. The molecule has 0 saturated heterocycles. The number of hydrogen-bond acceptors (Lipinski definition) is 3.